The molecule has 0 aliphatic rings. The number of pyridine rings is 1. The van der Waals surface area contributed by atoms with Crippen molar-refractivity contribution in [2.75, 3.05) is 14.2 Å². The molecule has 0 unspecified atom stereocenters. The molecule has 2 aromatic rings. The van der Waals surface area contributed by atoms with E-state index in [-0.39, 0.29) is 12.8 Å². The molecule has 0 bridgehead atoms. The van der Waals surface area contributed by atoms with E-state index in [9.17, 15) is 18.8 Å². The maximum Gasteiger partial charge on any atom is 0.328 e. The van der Waals surface area contributed by atoms with E-state index >= 15 is 0 Å². The van der Waals surface area contributed by atoms with Gasteiger partial charge < -0.3 is 20.1 Å². The van der Waals surface area contributed by atoms with Gasteiger partial charge in [-0.15, -0.1) is 0 Å². The smallest absolute Gasteiger partial charge is 0.328 e. The summed E-state index contributed by atoms with van der Waals surface area (Å²) in [6.45, 7) is 1.27. The highest BCUT2D eigenvalue weighted by atomic mass is 19.1. The zero-order valence-corrected chi connectivity index (χ0v) is 17.0. The van der Waals surface area contributed by atoms with E-state index in [1.165, 1.54) is 45.5 Å². The molecule has 160 valence electrons. The highest BCUT2D eigenvalue weighted by Crippen LogP contribution is 2.11. The van der Waals surface area contributed by atoms with Crippen LogP contribution in [0.5, 0.6) is 5.88 Å². The van der Waals surface area contributed by atoms with Gasteiger partial charge in [0.05, 0.1) is 14.2 Å². The van der Waals surface area contributed by atoms with Gasteiger partial charge in [0.25, 0.3) is 0 Å². The third kappa shape index (κ3) is 6.84. The molecular weight excluding hydrogens is 393 g/mol. The van der Waals surface area contributed by atoms with E-state index in [2.05, 4.69) is 15.6 Å². The number of ether oxygens (including phenoxy) is 2. The Hall–Kier alpha value is -3.49. The lowest BCUT2D eigenvalue weighted by Gasteiger charge is -2.22. The first-order valence-corrected chi connectivity index (χ1v) is 9.21. The van der Waals surface area contributed by atoms with Gasteiger partial charge in [-0.1, -0.05) is 18.2 Å². The second kappa shape index (κ2) is 10.9. The van der Waals surface area contributed by atoms with E-state index in [0.717, 1.165) is 0 Å². The number of halogens is 1. The number of hydrogen-bond donors (Lipinski definition) is 2. The van der Waals surface area contributed by atoms with E-state index < -0.39 is 35.7 Å². The number of carbonyl (C=O) groups excluding carboxylic acids is 3. The van der Waals surface area contributed by atoms with Crippen LogP contribution in [0.3, 0.4) is 0 Å². The molecule has 0 aliphatic heterocycles. The fraction of sp³-hybridized carbons (Fsp3) is 0.333. The quantitative estimate of drug-likeness (QED) is 0.594. The number of amides is 2. The Balaban J connectivity index is 2.16. The Morgan fingerprint density at radius 1 is 1.03 bits per heavy atom. The zero-order chi connectivity index (χ0) is 22.1. The van der Waals surface area contributed by atoms with Crippen LogP contribution in [0.15, 0.2) is 42.6 Å². The number of aromatic nitrogens is 1. The summed E-state index contributed by atoms with van der Waals surface area (Å²) in [6, 6.07) is 7.08. The van der Waals surface area contributed by atoms with Crippen LogP contribution in [0.1, 0.15) is 18.1 Å². The van der Waals surface area contributed by atoms with Gasteiger partial charge in [-0.3, -0.25) is 9.59 Å². The monoisotopic (exact) mass is 417 g/mol. The van der Waals surface area contributed by atoms with Gasteiger partial charge in [0.15, 0.2) is 0 Å². The average molecular weight is 417 g/mol. The summed E-state index contributed by atoms with van der Waals surface area (Å²) in [5.74, 6) is -1.70. The molecule has 2 amide bonds. The van der Waals surface area contributed by atoms with Gasteiger partial charge in [0.2, 0.25) is 17.7 Å². The van der Waals surface area contributed by atoms with Crippen LogP contribution >= 0.6 is 0 Å². The molecule has 2 N–H and O–H groups in total. The predicted octanol–water partition coefficient (Wildman–Crippen LogP) is 1.18. The van der Waals surface area contributed by atoms with Crippen molar-refractivity contribution in [1.82, 2.24) is 15.6 Å². The Morgan fingerprint density at radius 2 is 1.77 bits per heavy atom. The van der Waals surface area contributed by atoms with Crippen LogP contribution in [0.4, 0.5) is 4.39 Å². The van der Waals surface area contributed by atoms with Crippen LogP contribution in [0.2, 0.25) is 0 Å². The van der Waals surface area contributed by atoms with Crippen LogP contribution in [0, 0.1) is 5.82 Å². The Labute approximate surface area is 173 Å². The molecule has 30 heavy (non-hydrogen) atoms. The summed E-state index contributed by atoms with van der Waals surface area (Å²) in [4.78, 5) is 40.7. The molecule has 2 atom stereocenters. The molecule has 0 spiro atoms. The van der Waals surface area contributed by atoms with Crippen molar-refractivity contribution in [1.29, 1.82) is 0 Å². The van der Waals surface area contributed by atoms with Gasteiger partial charge >= 0.3 is 5.97 Å². The Morgan fingerprint density at radius 3 is 2.33 bits per heavy atom. The topological polar surface area (TPSA) is 107 Å². The highest BCUT2D eigenvalue weighted by Gasteiger charge is 2.27. The number of esters is 1. The molecule has 1 aromatic carbocycles. The average Bonchev–Trinajstić information content (AvgIpc) is 2.72. The van der Waals surface area contributed by atoms with Gasteiger partial charge in [-0.05, 0) is 23.3 Å². The Bertz CT molecular complexity index is 888. The molecular formula is C21H24FN3O5. The molecule has 0 saturated carbocycles. The summed E-state index contributed by atoms with van der Waals surface area (Å²) in [7, 11) is 2.70. The molecule has 0 saturated heterocycles. The first-order valence-electron chi connectivity index (χ1n) is 9.21. The number of carbonyl (C=O) groups is 3. The first-order chi connectivity index (χ1) is 14.3. The van der Waals surface area contributed by atoms with Crippen molar-refractivity contribution in [3.63, 3.8) is 0 Å². The molecule has 9 heteroatoms. The minimum atomic E-state index is -0.999. The van der Waals surface area contributed by atoms with Crippen LogP contribution in [-0.4, -0.2) is 49.1 Å². The second-order valence-corrected chi connectivity index (χ2v) is 6.58. The predicted molar refractivity (Wildman–Crippen MR) is 106 cm³/mol. The first kappa shape index (κ1) is 22.8. The molecule has 0 aliphatic carbocycles. The third-order valence-electron chi connectivity index (χ3n) is 4.27. The van der Waals surface area contributed by atoms with Gasteiger partial charge in [-0.25, -0.2) is 14.2 Å². The van der Waals surface area contributed by atoms with Crippen molar-refractivity contribution < 1.29 is 28.2 Å². The largest absolute Gasteiger partial charge is 0.481 e. The third-order valence-corrected chi connectivity index (χ3v) is 4.27. The maximum atomic E-state index is 13.5. The number of rotatable bonds is 9. The summed E-state index contributed by atoms with van der Waals surface area (Å²) in [5, 5.41) is 5.14. The number of hydrogen-bond acceptors (Lipinski definition) is 6. The standard InChI is InChI=1S/C21H24FN3O5/c1-13(26)24-17(10-14-5-4-6-16(22)9-14)20(27)25-18(21(28)30-3)11-15-7-8-19(29-2)23-12-15/h4-9,12,17-18H,10-11H2,1-3H3,(H,24,26)(H,25,27)/t17-,18+/m0/s1. The molecule has 1 aromatic heterocycles. The Kier molecular flexibility index (Phi) is 8.28. The van der Waals surface area contributed by atoms with Gasteiger partial charge in [0.1, 0.15) is 17.9 Å². The highest BCUT2D eigenvalue weighted by molar-refractivity contribution is 5.90. The van der Waals surface area contributed by atoms with E-state index in [1.807, 2.05) is 0 Å². The minimum Gasteiger partial charge on any atom is -0.481 e. The zero-order valence-electron chi connectivity index (χ0n) is 17.0. The van der Waals surface area contributed by atoms with Crippen LogP contribution in [0.25, 0.3) is 0 Å². The van der Waals surface area contributed by atoms with E-state index in [1.54, 1.807) is 18.2 Å². The number of nitrogens with zero attached hydrogens (tertiary/aromatic N) is 1. The number of methoxy groups -OCH3 is 2. The lowest BCUT2D eigenvalue weighted by Crippen LogP contribution is -2.53. The normalized spacial score (nSPS) is 12.4. The lowest BCUT2D eigenvalue weighted by molar-refractivity contribution is -0.145. The number of nitrogens with one attached hydrogen (secondary N) is 2. The lowest BCUT2D eigenvalue weighted by atomic mass is 10.0. The molecule has 0 radical (unpaired) electrons. The summed E-state index contributed by atoms with van der Waals surface area (Å²) >= 11 is 0. The molecule has 8 nitrogen and oxygen atoms in total. The molecule has 0 fully saturated rings. The van der Waals surface area contributed by atoms with Gasteiger partial charge in [0, 0.05) is 32.0 Å². The second-order valence-electron chi connectivity index (χ2n) is 6.58. The number of benzene rings is 1. The summed E-state index contributed by atoms with van der Waals surface area (Å²) in [6.07, 6.45) is 1.71. The maximum absolute atomic E-state index is 13.5. The molecule has 2 rings (SSSR count). The van der Waals surface area contributed by atoms with Crippen molar-refractivity contribution in [2.45, 2.75) is 31.8 Å². The summed E-state index contributed by atoms with van der Waals surface area (Å²) in [5.41, 5.74) is 1.20. The van der Waals surface area contributed by atoms with E-state index in [4.69, 9.17) is 9.47 Å². The summed E-state index contributed by atoms with van der Waals surface area (Å²) < 4.78 is 23.3. The van der Waals surface area contributed by atoms with Crippen molar-refractivity contribution in [2.24, 2.45) is 0 Å². The van der Waals surface area contributed by atoms with E-state index in [0.29, 0.717) is 17.0 Å². The minimum absolute atomic E-state index is 0.0567. The fourth-order valence-electron chi connectivity index (χ4n) is 2.85. The SMILES string of the molecule is COC(=O)[C@@H](Cc1ccc(OC)nc1)NC(=O)[C@H](Cc1cccc(F)c1)NC(C)=O. The van der Waals surface area contributed by atoms with Crippen LogP contribution in [-0.2, 0) is 32.0 Å². The fourth-order valence-corrected chi connectivity index (χ4v) is 2.85. The molecule has 1 heterocycles. The van der Waals surface area contributed by atoms with Crippen molar-refractivity contribution in [3.05, 3.63) is 59.5 Å². The van der Waals surface area contributed by atoms with Crippen molar-refractivity contribution in [3.8, 4) is 5.88 Å². The van der Waals surface area contributed by atoms with Crippen molar-refractivity contribution >= 4 is 17.8 Å². The van der Waals surface area contributed by atoms with Crippen LogP contribution < -0.4 is 15.4 Å². The van der Waals surface area contributed by atoms with Gasteiger partial charge in [-0.2, -0.15) is 0 Å².